The van der Waals surface area contributed by atoms with E-state index in [1.807, 2.05) is 26.0 Å². The number of nitrogens with zero attached hydrogens (tertiary/aromatic N) is 3. The van der Waals surface area contributed by atoms with Gasteiger partial charge < -0.3 is 10.2 Å². The molecule has 0 aliphatic carbocycles. The Kier molecular flexibility index (Phi) is 7.12. The van der Waals surface area contributed by atoms with Crippen LogP contribution in [-0.4, -0.2) is 40.1 Å². The summed E-state index contributed by atoms with van der Waals surface area (Å²) in [7, 11) is 0. The first-order chi connectivity index (χ1) is 15.3. The highest BCUT2D eigenvalue weighted by atomic mass is 16.2. The van der Waals surface area contributed by atoms with E-state index >= 15 is 0 Å². The number of likely N-dealkylation sites (N-methyl/N-ethyl adjacent to an activating group) is 1. The molecule has 0 fully saturated rings. The highest BCUT2D eigenvalue weighted by Gasteiger charge is 2.20. The fourth-order valence-corrected chi connectivity index (χ4v) is 3.83. The Balaban J connectivity index is 1.93. The van der Waals surface area contributed by atoms with Crippen molar-refractivity contribution in [3.63, 3.8) is 0 Å². The Hall–Kier alpha value is -3.42. The molecule has 2 aromatic heterocycles. The van der Waals surface area contributed by atoms with Gasteiger partial charge in [0.05, 0.1) is 10.9 Å². The Morgan fingerprint density at radius 2 is 1.94 bits per heavy atom. The number of benzene rings is 1. The van der Waals surface area contributed by atoms with Gasteiger partial charge in [0.1, 0.15) is 0 Å². The number of carbonyl (C=O) groups is 1. The molecule has 0 aliphatic rings. The molecule has 0 radical (unpaired) electrons. The number of pyridine rings is 1. The van der Waals surface area contributed by atoms with Crippen LogP contribution in [0.4, 0.5) is 5.69 Å². The summed E-state index contributed by atoms with van der Waals surface area (Å²) in [4.78, 5) is 47.1. The Morgan fingerprint density at radius 1 is 1.22 bits per heavy atom. The molecule has 0 spiro atoms. The van der Waals surface area contributed by atoms with Gasteiger partial charge in [-0.15, -0.1) is 0 Å². The molecule has 1 aromatic carbocycles. The van der Waals surface area contributed by atoms with Crippen molar-refractivity contribution in [3.05, 3.63) is 68.0 Å². The third kappa shape index (κ3) is 4.59. The SMILES string of the molecule is CCN(CCNC(=O)c1cc(C(C)C)nc2c1c(=O)[nH]c(=O)n2CC)c1ccccc1C. The maximum atomic E-state index is 13.1. The monoisotopic (exact) mass is 437 g/mol. The highest BCUT2D eigenvalue weighted by molar-refractivity contribution is 6.05. The lowest BCUT2D eigenvalue weighted by Gasteiger charge is -2.25. The summed E-state index contributed by atoms with van der Waals surface area (Å²) in [6.45, 7) is 12.0. The number of nitrogens with one attached hydrogen (secondary N) is 2. The lowest BCUT2D eigenvalue weighted by Crippen LogP contribution is -2.37. The fraction of sp³-hybridized carbons (Fsp3) is 0.417. The molecule has 32 heavy (non-hydrogen) atoms. The van der Waals surface area contributed by atoms with Crippen LogP contribution < -0.4 is 21.5 Å². The lowest BCUT2D eigenvalue weighted by molar-refractivity contribution is 0.0956. The van der Waals surface area contributed by atoms with Gasteiger partial charge in [0.25, 0.3) is 11.5 Å². The molecule has 2 N–H and O–H groups in total. The molecule has 0 bridgehead atoms. The molecule has 3 rings (SSSR count). The quantitative estimate of drug-likeness (QED) is 0.564. The van der Waals surface area contributed by atoms with Crippen molar-refractivity contribution < 1.29 is 4.79 Å². The summed E-state index contributed by atoms with van der Waals surface area (Å²) in [5.41, 5.74) is 2.31. The third-order valence-corrected chi connectivity index (χ3v) is 5.63. The van der Waals surface area contributed by atoms with Crippen molar-refractivity contribution in [1.82, 2.24) is 19.9 Å². The number of rotatable bonds is 8. The molecule has 170 valence electrons. The van der Waals surface area contributed by atoms with Crippen LogP contribution in [0.5, 0.6) is 0 Å². The standard InChI is InChI=1S/C24H31N5O3/c1-6-28(19-11-9-8-10-16(19)5)13-12-25-22(30)17-14-18(15(3)4)26-21-20(17)23(31)27-24(32)29(21)7-2/h8-11,14-15H,6-7,12-13H2,1-5H3,(H,25,30)(H,27,31,32). The number of H-pyrrole nitrogens is 1. The largest absolute Gasteiger partial charge is 0.370 e. The van der Waals surface area contributed by atoms with Crippen LogP contribution in [0.1, 0.15) is 55.2 Å². The summed E-state index contributed by atoms with van der Waals surface area (Å²) >= 11 is 0. The van der Waals surface area contributed by atoms with E-state index in [0.29, 0.717) is 25.3 Å². The highest BCUT2D eigenvalue weighted by Crippen LogP contribution is 2.20. The maximum absolute atomic E-state index is 13.1. The topological polar surface area (TPSA) is 100 Å². The first-order valence-electron chi connectivity index (χ1n) is 11.0. The van der Waals surface area contributed by atoms with E-state index < -0.39 is 11.2 Å². The molecule has 2 heterocycles. The van der Waals surface area contributed by atoms with Crippen molar-refractivity contribution in [2.45, 2.75) is 47.1 Å². The van der Waals surface area contributed by atoms with E-state index in [1.165, 1.54) is 10.1 Å². The molecule has 0 atom stereocenters. The molecule has 0 unspecified atom stereocenters. The summed E-state index contributed by atoms with van der Waals surface area (Å²) in [5, 5.41) is 3.08. The average molecular weight is 438 g/mol. The molecular formula is C24H31N5O3. The zero-order valence-corrected chi connectivity index (χ0v) is 19.4. The normalized spacial score (nSPS) is 11.2. The van der Waals surface area contributed by atoms with E-state index in [1.54, 1.807) is 13.0 Å². The van der Waals surface area contributed by atoms with Gasteiger partial charge in [0.2, 0.25) is 0 Å². The van der Waals surface area contributed by atoms with Crippen LogP contribution in [0, 0.1) is 6.92 Å². The van der Waals surface area contributed by atoms with Gasteiger partial charge in [0.15, 0.2) is 5.65 Å². The van der Waals surface area contributed by atoms with Gasteiger partial charge in [0, 0.05) is 37.6 Å². The molecule has 0 aliphatic heterocycles. The molecular weight excluding hydrogens is 406 g/mol. The number of carbonyl (C=O) groups excluding carboxylic acids is 1. The van der Waals surface area contributed by atoms with Gasteiger partial charge in [-0.05, 0) is 44.4 Å². The zero-order chi connectivity index (χ0) is 23.4. The average Bonchev–Trinajstić information content (AvgIpc) is 2.76. The minimum absolute atomic E-state index is 0.0299. The first kappa shape index (κ1) is 23.2. The van der Waals surface area contributed by atoms with Crippen LogP contribution in [0.25, 0.3) is 11.0 Å². The van der Waals surface area contributed by atoms with Crippen LogP contribution in [0.2, 0.25) is 0 Å². The third-order valence-electron chi connectivity index (χ3n) is 5.63. The van der Waals surface area contributed by atoms with Crippen molar-refractivity contribution >= 4 is 22.6 Å². The lowest BCUT2D eigenvalue weighted by atomic mass is 10.0. The second-order valence-corrected chi connectivity index (χ2v) is 8.07. The fourth-order valence-electron chi connectivity index (χ4n) is 3.83. The molecule has 8 nitrogen and oxygen atoms in total. The minimum atomic E-state index is -0.599. The number of para-hydroxylation sites is 1. The molecule has 0 saturated carbocycles. The number of aromatic nitrogens is 3. The van der Waals surface area contributed by atoms with Crippen molar-refractivity contribution in [1.29, 1.82) is 0 Å². The second-order valence-electron chi connectivity index (χ2n) is 8.07. The first-order valence-corrected chi connectivity index (χ1v) is 11.0. The van der Waals surface area contributed by atoms with E-state index in [2.05, 4.69) is 46.2 Å². The van der Waals surface area contributed by atoms with Gasteiger partial charge in [-0.1, -0.05) is 32.0 Å². The van der Waals surface area contributed by atoms with Gasteiger partial charge >= 0.3 is 5.69 Å². The minimum Gasteiger partial charge on any atom is -0.370 e. The predicted octanol–water partition coefficient (Wildman–Crippen LogP) is 2.79. The van der Waals surface area contributed by atoms with Crippen LogP contribution in [0.15, 0.2) is 39.9 Å². The predicted molar refractivity (Wildman–Crippen MR) is 128 cm³/mol. The molecule has 0 saturated heterocycles. The van der Waals surface area contributed by atoms with E-state index in [-0.39, 0.29) is 28.4 Å². The van der Waals surface area contributed by atoms with Crippen molar-refractivity contribution in [3.8, 4) is 0 Å². The Morgan fingerprint density at radius 3 is 2.56 bits per heavy atom. The van der Waals surface area contributed by atoms with E-state index in [0.717, 1.165) is 12.2 Å². The number of hydrogen-bond acceptors (Lipinski definition) is 5. The Bertz CT molecular complexity index is 1240. The van der Waals surface area contributed by atoms with Crippen LogP contribution in [-0.2, 0) is 6.54 Å². The number of aromatic amines is 1. The zero-order valence-electron chi connectivity index (χ0n) is 19.4. The summed E-state index contributed by atoms with van der Waals surface area (Å²) in [6.07, 6.45) is 0. The van der Waals surface area contributed by atoms with Gasteiger partial charge in [-0.3, -0.25) is 19.1 Å². The maximum Gasteiger partial charge on any atom is 0.329 e. The van der Waals surface area contributed by atoms with E-state index in [9.17, 15) is 14.4 Å². The summed E-state index contributed by atoms with van der Waals surface area (Å²) in [5.74, 6) is -0.325. The smallest absolute Gasteiger partial charge is 0.329 e. The van der Waals surface area contributed by atoms with E-state index in [4.69, 9.17) is 0 Å². The van der Waals surface area contributed by atoms with Crippen LogP contribution >= 0.6 is 0 Å². The Labute approximate surface area is 187 Å². The van der Waals surface area contributed by atoms with Gasteiger partial charge in [-0.2, -0.15) is 0 Å². The van der Waals surface area contributed by atoms with Crippen molar-refractivity contribution in [2.24, 2.45) is 0 Å². The molecule has 8 heteroatoms. The summed E-state index contributed by atoms with van der Waals surface area (Å²) in [6, 6.07) is 9.78. The number of amides is 1. The molecule has 1 amide bonds. The number of fused-ring (bicyclic) bond motifs is 1. The molecule has 3 aromatic rings. The second kappa shape index (κ2) is 9.80. The van der Waals surface area contributed by atoms with Gasteiger partial charge in [-0.25, -0.2) is 9.78 Å². The number of aryl methyl sites for hydroxylation is 2. The number of anilines is 1. The summed E-state index contributed by atoms with van der Waals surface area (Å²) < 4.78 is 1.39. The van der Waals surface area contributed by atoms with Crippen molar-refractivity contribution in [2.75, 3.05) is 24.5 Å². The van der Waals surface area contributed by atoms with Crippen LogP contribution in [0.3, 0.4) is 0 Å². The number of hydrogen-bond donors (Lipinski definition) is 2.